The first-order chi connectivity index (χ1) is 6.00. The molecule has 0 radical (unpaired) electrons. The van der Waals surface area contributed by atoms with Crippen molar-refractivity contribution in [2.24, 2.45) is 11.3 Å². The summed E-state index contributed by atoms with van der Waals surface area (Å²) < 4.78 is 11.8. The lowest BCUT2D eigenvalue weighted by atomic mass is 9.71. The van der Waals surface area contributed by atoms with Crippen LogP contribution < -0.4 is 0 Å². The minimum Gasteiger partial charge on any atom is -0.259 e. The monoisotopic (exact) mass is 198 g/mol. The minimum atomic E-state index is -0.565. The van der Waals surface area contributed by atoms with Crippen LogP contribution in [0.15, 0.2) is 12.2 Å². The summed E-state index contributed by atoms with van der Waals surface area (Å²) in [6, 6.07) is 0. The third-order valence-corrected chi connectivity index (χ3v) is 5.86. The van der Waals surface area contributed by atoms with Crippen LogP contribution in [0.5, 0.6) is 0 Å². The van der Waals surface area contributed by atoms with Gasteiger partial charge < -0.3 is 0 Å². The van der Waals surface area contributed by atoms with Crippen LogP contribution in [0.2, 0.25) is 0 Å². The molecule has 0 aromatic rings. The van der Waals surface area contributed by atoms with Crippen LogP contribution >= 0.6 is 0 Å². The van der Waals surface area contributed by atoms with Gasteiger partial charge in [0, 0.05) is 21.8 Å². The van der Waals surface area contributed by atoms with Gasteiger partial charge in [-0.3, -0.25) is 4.21 Å². The van der Waals surface area contributed by atoms with E-state index in [0.717, 1.165) is 25.0 Å². The van der Waals surface area contributed by atoms with Crippen molar-refractivity contribution in [2.75, 3.05) is 5.75 Å². The molecule has 74 valence electrons. The summed E-state index contributed by atoms with van der Waals surface area (Å²) in [6.45, 7) is 8.58. The zero-order valence-corrected chi connectivity index (χ0v) is 9.32. The molecule has 3 atom stereocenters. The van der Waals surface area contributed by atoms with Gasteiger partial charge in [-0.2, -0.15) is 0 Å². The molecule has 0 spiro atoms. The number of allylic oxidation sites excluding steroid dienone is 1. The average molecular weight is 198 g/mol. The molecule has 2 fully saturated rings. The zero-order valence-electron chi connectivity index (χ0n) is 8.51. The standard InChI is InChI=1S/C11H18OS/c1-8-4-5-10-9(6-8)11(2,3)7-13(10)12/h9-10H,1,4-7H2,2-3H3. The molecule has 1 aliphatic carbocycles. The highest BCUT2D eigenvalue weighted by Crippen LogP contribution is 2.48. The average Bonchev–Trinajstić information content (AvgIpc) is 2.23. The van der Waals surface area contributed by atoms with E-state index < -0.39 is 10.8 Å². The van der Waals surface area contributed by atoms with Gasteiger partial charge in [-0.1, -0.05) is 26.0 Å². The summed E-state index contributed by atoms with van der Waals surface area (Å²) in [5.41, 5.74) is 1.65. The van der Waals surface area contributed by atoms with Crippen molar-refractivity contribution in [1.82, 2.24) is 0 Å². The molecule has 13 heavy (non-hydrogen) atoms. The summed E-state index contributed by atoms with van der Waals surface area (Å²) >= 11 is 0. The molecule has 0 aromatic heterocycles. The Hall–Kier alpha value is -0.110. The Kier molecular flexibility index (Phi) is 2.14. The third-order valence-electron chi connectivity index (χ3n) is 3.60. The lowest BCUT2D eigenvalue weighted by Gasteiger charge is -2.33. The van der Waals surface area contributed by atoms with Gasteiger partial charge in [-0.25, -0.2) is 0 Å². The Morgan fingerprint density at radius 1 is 1.54 bits per heavy atom. The van der Waals surface area contributed by atoms with Crippen molar-refractivity contribution >= 4 is 10.8 Å². The van der Waals surface area contributed by atoms with Crippen LogP contribution in [0.1, 0.15) is 33.1 Å². The van der Waals surface area contributed by atoms with Crippen molar-refractivity contribution in [3.63, 3.8) is 0 Å². The van der Waals surface area contributed by atoms with E-state index in [-0.39, 0.29) is 5.41 Å². The summed E-state index contributed by atoms with van der Waals surface area (Å²) in [6.07, 6.45) is 3.33. The molecule has 0 aromatic carbocycles. The Morgan fingerprint density at radius 3 is 2.92 bits per heavy atom. The van der Waals surface area contributed by atoms with Gasteiger partial charge in [0.15, 0.2) is 0 Å². The summed E-state index contributed by atoms with van der Waals surface area (Å²) in [5, 5.41) is 0.473. The molecule has 1 heterocycles. The maximum Gasteiger partial charge on any atom is 0.0387 e. The van der Waals surface area contributed by atoms with Gasteiger partial charge in [0.1, 0.15) is 0 Å². The second-order valence-electron chi connectivity index (χ2n) is 5.15. The second kappa shape index (κ2) is 2.94. The van der Waals surface area contributed by atoms with Crippen molar-refractivity contribution in [3.8, 4) is 0 Å². The van der Waals surface area contributed by atoms with Gasteiger partial charge in [-0.05, 0) is 30.6 Å². The molecule has 1 aliphatic heterocycles. The summed E-state index contributed by atoms with van der Waals surface area (Å²) in [4.78, 5) is 0. The molecule has 1 saturated carbocycles. The van der Waals surface area contributed by atoms with E-state index in [1.54, 1.807) is 0 Å². The van der Waals surface area contributed by atoms with Crippen LogP contribution in [0, 0.1) is 11.3 Å². The summed E-state index contributed by atoms with van der Waals surface area (Å²) in [7, 11) is -0.565. The van der Waals surface area contributed by atoms with Crippen LogP contribution in [-0.4, -0.2) is 15.2 Å². The van der Waals surface area contributed by atoms with E-state index in [0.29, 0.717) is 11.2 Å². The van der Waals surface area contributed by atoms with Crippen molar-refractivity contribution in [1.29, 1.82) is 0 Å². The highest BCUT2D eigenvalue weighted by molar-refractivity contribution is 7.86. The van der Waals surface area contributed by atoms with Crippen molar-refractivity contribution < 1.29 is 4.21 Å². The van der Waals surface area contributed by atoms with Gasteiger partial charge in [0.05, 0.1) is 0 Å². The van der Waals surface area contributed by atoms with Crippen LogP contribution in [0.25, 0.3) is 0 Å². The molecular formula is C11H18OS. The molecule has 2 rings (SSSR count). The maximum absolute atomic E-state index is 11.8. The summed E-state index contributed by atoms with van der Waals surface area (Å²) in [5.74, 6) is 1.53. The third kappa shape index (κ3) is 1.50. The van der Waals surface area contributed by atoms with Gasteiger partial charge in [-0.15, -0.1) is 0 Å². The highest BCUT2D eigenvalue weighted by atomic mass is 32.2. The van der Waals surface area contributed by atoms with E-state index in [1.807, 2.05) is 0 Å². The minimum absolute atomic E-state index is 0.277. The molecule has 0 N–H and O–H groups in total. The molecule has 1 saturated heterocycles. The van der Waals surface area contributed by atoms with Crippen LogP contribution in [-0.2, 0) is 10.8 Å². The van der Waals surface area contributed by atoms with E-state index in [1.165, 1.54) is 5.57 Å². The molecule has 3 unspecified atom stereocenters. The van der Waals surface area contributed by atoms with Gasteiger partial charge in [0.25, 0.3) is 0 Å². The number of fused-ring (bicyclic) bond motifs is 1. The quantitative estimate of drug-likeness (QED) is 0.547. The second-order valence-corrected chi connectivity index (χ2v) is 6.81. The van der Waals surface area contributed by atoms with E-state index in [4.69, 9.17) is 0 Å². The Bertz CT molecular complexity index is 267. The number of hydrogen-bond acceptors (Lipinski definition) is 1. The fourth-order valence-electron chi connectivity index (χ4n) is 2.77. The van der Waals surface area contributed by atoms with Gasteiger partial charge in [0.2, 0.25) is 0 Å². The molecule has 2 aliphatic rings. The van der Waals surface area contributed by atoms with E-state index in [9.17, 15) is 4.21 Å². The van der Waals surface area contributed by atoms with Crippen molar-refractivity contribution in [2.45, 2.75) is 38.4 Å². The molecule has 0 bridgehead atoms. The first-order valence-electron chi connectivity index (χ1n) is 5.04. The van der Waals surface area contributed by atoms with Crippen molar-refractivity contribution in [3.05, 3.63) is 12.2 Å². The number of hydrogen-bond donors (Lipinski definition) is 0. The smallest absolute Gasteiger partial charge is 0.0387 e. The zero-order chi connectivity index (χ0) is 9.64. The lowest BCUT2D eigenvalue weighted by molar-refractivity contribution is 0.237. The Morgan fingerprint density at radius 2 is 2.23 bits per heavy atom. The maximum atomic E-state index is 11.8. The molecule has 0 amide bonds. The normalized spacial score (nSPS) is 43.2. The molecular weight excluding hydrogens is 180 g/mol. The van der Waals surface area contributed by atoms with Gasteiger partial charge >= 0.3 is 0 Å². The Balaban J connectivity index is 2.25. The van der Waals surface area contributed by atoms with Crippen LogP contribution in [0.3, 0.4) is 0 Å². The van der Waals surface area contributed by atoms with Crippen LogP contribution in [0.4, 0.5) is 0 Å². The fraction of sp³-hybridized carbons (Fsp3) is 0.818. The topological polar surface area (TPSA) is 17.1 Å². The Labute approximate surface area is 83.1 Å². The van der Waals surface area contributed by atoms with E-state index >= 15 is 0 Å². The first kappa shape index (κ1) is 9.45. The predicted octanol–water partition coefficient (Wildman–Crippen LogP) is 2.50. The number of rotatable bonds is 0. The predicted molar refractivity (Wildman–Crippen MR) is 57.1 cm³/mol. The SMILES string of the molecule is C=C1CCC2C(C1)C(C)(C)CS2=O. The largest absolute Gasteiger partial charge is 0.259 e. The molecule has 1 nitrogen and oxygen atoms in total. The van der Waals surface area contributed by atoms with E-state index in [2.05, 4.69) is 20.4 Å². The fourth-order valence-corrected chi connectivity index (χ4v) is 5.14. The molecule has 2 heteroatoms. The first-order valence-corrected chi connectivity index (χ1v) is 6.43. The lowest BCUT2D eigenvalue weighted by Crippen LogP contribution is -2.30. The highest BCUT2D eigenvalue weighted by Gasteiger charge is 2.47.